The molecule has 3 aromatic rings. The molecule has 1 aliphatic heterocycles. The minimum atomic E-state index is -0.186. The number of H-pyrrole nitrogens is 1. The molecule has 0 spiro atoms. The fourth-order valence-electron chi connectivity index (χ4n) is 3.78. The van der Waals surface area contributed by atoms with Crippen molar-refractivity contribution in [3.8, 4) is 0 Å². The summed E-state index contributed by atoms with van der Waals surface area (Å²) in [6.45, 7) is 1.89. The van der Waals surface area contributed by atoms with Crippen molar-refractivity contribution in [2.24, 2.45) is 0 Å². The van der Waals surface area contributed by atoms with Gasteiger partial charge >= 0.3 is 0 Å². The smallest absolute Gasteiger partial charge is 0.270 e. The molecule has 26 heavy (non-hydrogen) atoms. The van der Waals surface area contributed by atoms with E-state index in [9.17, 15) is 9.90 Å². The highest BCUT2D eigenvalue weighted by atomic mass is 16.3. The van der Waals surface area contributed by atoms with E-state index in [2.05, 4.69) is 15.4 Å². The maximum absolute atomic E-state index is 12.9. The second-order valence-corrected chi connectivity index (χ2v) is 7.21. The SMILES string of the molecule is O=C(c1cc2ccccc2[nH]1)N1CCn2nc(N[C@H]3C[C@@H](O)C3)cc2C1. The van der Waals surface area contributed by atoms with Crippen LogP contribution in [0.3, 0.4) is 0 Å². The Kier molecular flexibility index (Phi) is 3.49. The van der Waals surface area contributed by atoms with Crippen molar-refractivity contribution in [2.75, 3.05) is 11.9 Å². The summed E-state index contributed by atoms with van der Waals surface area (Å²) in [5, 5.41) is 18.4. The molecule has 1 amide bonds. The maximum Gasteiger partial charge on any atom is 0.270 e. The number of carbonyl (C=O) groups excluding carboxylic acids is 1. The Morgan fingerprint density at radius 3 is 2.88 bits per heavy atom. The van der Waals surface area contributed by atoms with Crippen molar-refractivity contribution in [3.05, 3.63) is 47.8 Å². The Morgan fingerprint density at radius 1 is 1.23 bits per heavy atom. The van der Waals surface area contributed by atoms with E-state index in [0.717, 1.165) is 35.3 Å². The first-order valence-electron chi connectivity index (χ1n) is 9.04. The molecule has 1 aromatic carbocycles. The van der Waals surface area contributed by atoms with E-state index >= 15 is 0 Å². The lowest BCUT2D eigenvalue weighted by atomic mass is 9.89. The van der Waals surface area contributed by atoms with Crippen molar-refractivity contribution < 1.29 is 9.90 Å². The van der Waals surface area contributed by atoms with Gasteiger partial charge in [-0.2, -0.15) is 5.10 Å². The van der Waals surface area contributed by atoms with Gasteiger partial charge in [-0.3, -0.25) is 9.48 Å². The number of rotatable bonds is 3. The lowest BCUT2D eigenvalue weighted by molar-refractivity contribution is 0.0701. The fraction of sp³-hybridized carbons (Fsp3) is 0.368. The topological polar surface area (TPSA) is 86.2 Å². The minimum Gasteiger partial charge on any atom is -0.393 e. The number of anilines is 1. The number of aliphatic hydroxyl groups is 1. The molecule has 0 saturated heterocycles. The number of aromatic amines is 1. The quantitative estimate of drug-likeness (QED) is 0.673. The maximum atomic E-state index is 12.9. The first-order chi connectivity index (χ1) is 12.7. The van der Waals surface area contributed by atoms with E-state index < -0.39 is 0 Å². The monoisotopic (exact) mass is 351 g/mol. The molecule has 7 heteroatoms. The van der Waals surface area contributed by atoms with Gasteiger partial charge in [-0.05, 0) is 25.0 Å². The van der Waals surface area contributed by atoms with Gasteiger partial charge in [-0.1, -0.05) is 18.2 Å². The Labute approximate surface area is 150 Å². The molecule has 1 saturated carbocycles. The molecule has 2 aliphatic rings. The Bertz CT molecular complexity index is 936. The number of aromatic nitrogens is 3. The van der Waals surface area contributed by atoms with Gasteiger partial charge in [0.1, 0.15) is 11.5 Å². The first kappa shape index (κ1) is 15.5. The number of para-hydroxylation sites is 1. The van der Waals surface area contributed by atoms with Crippen LogP contribution in [0, 0.1) is 0 Å². The van der Waals surface area contributed by atoms with Gasteiger partial charge < -0.3 is 20.3 Å². The summed E-state index contributed by atoms with van der Waals surface area (Å²) in [4.78, 5) is 18.0. The Hall–Kier alpha value is -2.80. The van der Waals surface area contributed by atoms with Crippen molar-refractivity contribution in [1.29, 1.82) is 0 Å². The third kappa shape index (κ3) is 2.64. The molecule has 2 aromatic heterocycles. The highest BCUT2D eigenvalue weighted by Crippen LogP contribution is 2.25. The molecule has 1 fully saturated rings. The molecular formula is C19H21N5O2. The normalized spacial score (nSPS) is 22.1. The molecule has 0 atom stereocenters. The molecule has 1 aliphatic carbocycles. The molecule has 0 bridgehead atoms. The summed E-state index contributed by atoms with van der Waals surface area (Å²) < 4.78 is 1.96. The summed E-state index contributed by atoms with van der Waals surface area (Å²) in [7, 11) is 0. The van der Waals surface area contributed by atoms with Crippen molar-refractivity contribution in [1.82, 2.24) is 19.7 Å². The third-order valence-electron chi connectivity index (χ3n) is 5.31. The van der Waals surface area contributed by atoms with E-state index in [1.54, 1.807) is 0 Å². The summed E-state index contributed by atoms with van der Waals surface area (Å²) >= 11 is 0. The van der Waals surface area contributed by atoms with Crippen LogP contribution in [0.5, 0.6) is 0 Å². The summed E-state index contributed by atoms with van der Waals surface area (Å²) in [6.07, 6.45) is 1.36. The molecule has 134 valence electrons. The van der Waals surface area contributed by atoms with Crippen LogP contribution >= 0.6 is 0 Å². The van der Waals surface area contributed by atoms with Gasteiger partial charge in [0.05, 0.1) is 24.9 Å². The number of fused-ring (bicyclic) bond motifs is 2. The summed E-state index contributed by atoms with van der Waals surface area (Å²) in [5.41, 5.74) is 2.64. The number of nitrogens with zero attached hydrogens (tertiary/aromatic N) is 3. The number of amides is 1. The Morgan fingerprint density at radius 2 is 2.08 bits per heavy atom. The number of nitrogens with one attached hydrogen (secondary N) is 2. The number of aliphatic hydroxyl groups excluding tert-OH is 1. The third-order valence-corrected chi connectivity index (χ3v) is 5.31. The van der Waals surface area contributed by atoms with Crippen molar-refractivity contribution in [2.45, 2.75) is 38.1 Å². The van der Waals surface area contributed by atoms with Gasteiger partial charge in [0, 0.05) is 29.6 Å². The lowest BCUT2D eigenvalue weighted by Crippen LogP contribution is -2.39. The van der Waals surface area contributed by atoms with E-state index in [4.69, 9.17) is 0 Å². The van der Waals surface area contributed by atoms with Gasteiger partial charge in [-0.15, -0.1) is 0 Å². The number of hydrogen-bond donors (Lipinski definition) is 3. The molecule has 3 heterocycles. The van der Waals surface area contributed by atoms with Crippen LogP contribution in [-0.2, 0) is 13.1 Å². The number of carbonyl (C=O) groups is 1. The van der Waals surface area contributed by atoms with Crippen LogP contribution in [0.25, 0.3) is 10.9 Å². The Balaban J connectivity index is 1.31. The van der Waals surface area contributed by atoms with Gasteiger partial charge in [0.25, 0.3) is 5.91 Å². The number of benzene rings is 1. The van der Waals surface area contributed by atoms with Crippen molar-refractivity contribution >= 4 is 22.6 Å². The van der Waals surface area contributed by atoms with Crippen LogP contribution in [0.1, 0.15) is 29.0 Å². The summed E-state index contributed by atoms with van der Waals surface area (Å²) in [6, 6.07) is 12.1. The van der Waals surface area contributed by atoms with Crippen LogP contribution in [0.4, 0.5) is 5.82 Å². The predicted octanol–water partition coefficient (Wildman–Crippen LogP) is 1.96. The average molecular weight is 351 g/mol. The second-order valence-electron chi connectivity index (χ2n) is 7.21. The standard InChI is InChI=1S/C19H21N5O2/c25-15-8-13(9-15)20-18-10-14-11-23(5-6-24(14)22-18)19(26)17-7-12-3-1-2-4-16(12)21-17/h1-4,7,10,13,15,21,25H,5-6,8-9,11H2,(H,20,22)/t13-,15+. The van der Waals surface area contributed by atoms with E-state index in [1.807, 2.05) is 46.0 Å². The highest BCUT2D eigenvalue weighted by Gasteiger charge is 2.29. The van der Waals surface area contributed by atoms with E-state index in [1.165, 1.54) is 0 Å². The highest BCUT2D eigenvalue weighted by molar-refractivity contribution is 5.98. The molecule has 7 nitrogen and oxygen atoms in total. The van der Waals surface area contributed by atoms with Crippen molar-refractivity contribution in [3.63, 3.8) is 0 Å². The molecule has 3 N–H and O–H groups in total. The van der Waals surface area contributed by atoms with E-state index in [-0.39, 0.29) is 12.0 Å². The van der Waals surface area contributed by atoms with E-state index in [0.29, 0.717) is 31.4 Å². The zero-order valence-corrected chi connectivity index (χ0v) is 14.4. The largest absolute Gasteiger partial charge is 0.393 e. The molecule has 5 rings (SSSR count). The van der Waals surface area contributed by atoms with Gasteiger partial charge in [0.2, 0.25) is 0 Å². The second kappa shape index (κ2) is 5.88. The number of hydrogen-bond acceptors (Lipinski definition) is 4. The lowest BCUT2D eigenvalue weighted by Gasteiger charge is -2.31. The van der Waals surface area contributed by atoms with Crippen LogP contribution < -0.4 is 5.32 Å². The van der Waals surface area contributed by atoms with Crippen LogP contribution in [0.2, 0.25) is 0 Å². The zero-order chi connectivity index (χ0) is 17.7. The van der Waals surface area contributed by atoms with Gasteiger partial charge in [0.15, 0.2) is 0 Å². The fourth-order valence-corrected chi connectivity index (χ4v) is 3.78. The van der Waals surface area contributed by atoms with Crippen LogP contribution in [0.15, 0.2) is 36.4 Å². The first-order valence-corrected chi connectivity index (χ1v) is 9.04. The van der Waals surface area contributed by atoms with Crippen LogP contribution in [-0.4, -0.2) is 49.4 Å². The average Bonchev–Trinajstić information content (AvgIpc) is 3.22. The minimum absolute atomic E-state index is 0.0188. The van der Waals surface area contributed by atoms with Gasteiger partial charge in [-0.25, -0.2) is 0 Å². The summed E-state index contributed by atoms with van der Waals surface area (Å²) in [5.74, 6) is 0.849. The molecule has 0 radical (unpaired) electrons. The molecule has 0 unspecified atom stereocenters. The predicted molar refractivity (Wildman–Crippen MR) is 97.9 cm³/mol. The zero-order valence-electron chi connectivity index (χ0n) is 14.4. The molecular weight excluding hydrogens is 330 g/mol.